The molecule has 3 aromatic rings. The van der Waals surface area contributed by atoms with Crippen LogP contribution in [0, 0.1) is 0 Å². The molecule has 0 aliphatic carbocycles. The highest BCUT2D eigenvalue weighted by Crippen LogP contribution is 2.40. The lowest BCUT2D eigenvalue weighted by molar-refractivity contribution is -0.237. The quantitative estimate of drug-likeness (QED) is 0.557. The number of halogens is 1. The lowest BCUT2D eigenvalue weighted by Gasteiger charge is -2.40. The van der Waals surface area contributed by atoms with Gasteiger partial charge in [0.2, 0.25) is 5.79 Å². The molecule has 1 fully saturated rings. The second-order valence-electron chi connectivity index (χ2n) is 6.74. The average molecular weight is 438 g/mol. The summed E-state index contributed by atoms with van der Waals surface area (Å²) in [5, 5.41) is 2.92. The predicted octanol–water partition coefficient (Wildman–Crippen LogP) is 5.69. The predicted molar refractivity (Wildman–Crippen MR) is 110 cm³/mol. The molecule has 4 nitrogen and oxygen atoms in total. The number of carbonyl (C=O) groups excluding carboxylic acids is 1. The number of hydrogen-bond donors (Lipinski definition) is 1. The third kappa shape index (κ3) is 4.11. The van der Waals surface area contributed by atoms with E-state index in [0.29, 0.717) is 13.0 Å². The number of amides is 1. The van der Waals surface area contributed by atoms with Gasteiger partial charge in [-0.2, -0.15) is 0 Å². The number of rotatable bonds is 5. The van der Waals surface area contributed by atoms with Gasteiger partial charge in [-0.1, -0.05) is 88.7 Å². The number of nitrogens with one attached hydrogen (secondary N) is 1. The van der Waals surface area contributed by atoms with Gasteiger partial charge in [-0.15, -0.1) is 0 Å². The Bertz CT molecular complexity index is 931. The van der Waals surface area contributed by atoms with Crippen molar-refractivity contribution in [2.24, 2.45) is 0 Å². The Labute approximate surface area is 172 Å². The maximum Gasteiger partial charge on any atom is 0.410 e. The van der Waals surface area contributed by atoms with Crippen molar-refractivity contribution in [3.8, 4) is 0 Å². The molecule has 0 bridgehead atoms. The molecule has 0 spiro atoms. The maximum atomic E-state index is 12.5. The van der Waals surface area contributed by atoms with Crippen molar-refractivity contribution in [3.63, 3.8) is 0 Å². The number of benzene rings is 3. The summed E-state index contributed by atoms with van der Waals surface area (Å²) in [6.45, 7) is 0.343. The summed E-state index contributed by atoms with van der Waals surface area (Å²) in [5.74, 6) is -1.16. The fourth-order valence-corrected chi connectivity index (χ4v) is 3.66. The molecule has 1 amide bonds. The van der Waals surface area contributed by atoms with Crippen molar-refractivity contribution >= 4 is 22.0 Å². The van der Waals surface area contributed by atoms with Crippen molar-refractivity contribution in [2.75, 3.05) is 0 Å². The second kappa shape index (κ2) is 8.17. The van der Waals surface area contributed by atoms with E-state index in [1.807, 2.05) is 84.9 Å². The van der Waals surface area contributed by atoms with Crippen LogP contribution < -0.4 is 5.32 Å². The van der Waals surface area contributed by atoms with Crippen molar-refractivity contribution in [1.29, 1.82) is 0 Å². The number of hydrogen-bond acceptors (Lipinski definition) is 3. The van der Waals surface area contributed by atoms with Crippen LogP contribution in [0.1, 0.15) is 29.2 Å². The molecule has 1 saturated heterocycles. The highest BCUT2D eigenvalue weighted by molar-refractivity contribution is 9.10. The van der Waals surface area contributed by atoms with Crippen LogP contribution in [-0.4, -0.2) is 6.09 Å². The summed E-state index contributed by atoms with van der Waals surface area (Å²) in [6.07, 6.45) is -0.0203. The highest BCUT2D eigenvalue weighted by atomic mass is 79.9. The van der Waals surface area contributed by atoms with Crippen molar-refractivity contribution in [2.45, 2.75) is 24.9 Å². The summed E-state index contributed by atoms with van der Waals surface area (Å²) in [4.78, 5) is 12.5. The first-order valence-corrected chi connectivity index (χ1v) is 9.92. The van der Waals surface area contributed by atoms with Crippen molar-refractivity contribution in [1.82, 2.24) is 5.32 Å². The van der Waals surface area contributed by atoms with Crippen LogP contribution in [0.15, 0.2) is 89.4 Å². The lowest BCUT2D eigenvalue weighted by Crippen LogP contribution is -2.48. The molecule has 28 heavy (non-hydrogen) atoms. The minimum Gasteiger partial charge on any atom is -0.412 e. The van der Waals surface area contributed by atoms with E-state index in [1.165, 1.54) is 0 Å². The van der Waals surface area contributed by atoms with E-state index in [9.17, 15) is 4.79 Å². The third-order valence-electron chi connectivity index (χ3n) is 4.82. The summed E-state index contributed by atoms with van der Waals surface area (Å²) in [7, 11) is 0. The number of ether oxygens (including phenoxy) is 2. The van der Waals surface area contributed by atoms with E-state index < -0.39 is 11.9 Å². The molecule has 2 atom stereocenters. The number of carbonyl (C=O) groups is 1. The fourth-order valence-electron chi connectivity index (χ4n) is 3.39. The molecule has 142 valence electrons. The Hall–Kier alpha value is -2.63. The Morgan fingerprint density at radius 1 is 0.964 bits per heavy atom. The van der Waals surface area contributed by atoms with Crippen molar-refractivity contribution < 1.29 is 14.3 Å². The first kappa shape index (κ1) is 18.7. The Morgan fingerprint density at radius 2 is 1.61 bits per heavy atom. The zero-order valence-electron chi connectivity index (χ0n) is 15.2. The molecule has 5 heteroatoms. The molecular weight excluding hydrogens is 418 g/mol. The second-order valence-corrected chi connectivity index (χ2v) is 7.65. The van der Waals surface area contributed by atoms with Gasteiger partial charge >= 0.3 is 6.09 Å². The molecule has 2 unspecified atom stereocenters. The summed E-state index contributed by atoms with van der Waals surface area (Å²) >= 11 is 3.45. The van der Waals surface area contributed by atoms with E-state index in [0.717, 1.165) is 21.2 Å². The van der Waals surface area contributed by atoms with Crippen LogP contribution in [-0.2, 0) is 21.9 Å². The summed E-state index contributed by atoms with van der Waals surface area (Å²) in [5.41, 5.74) is 2.85. The van der Waals surface area contributed by atoms with E-state index in [-0.39, 0.29) is 6.04 Å². The zero-order chi connectivity index (χ0) is 19.4. The van der Waals surface area contributed by atoms with Crippen LogP contribution in [0.3, 0.4) is 0 Å². The molecule has 1 aliphatic heterocycles. The van der Waals surface area contributed by atoms with Gasteiger partial charge in [0.25, 0.3) is 0 Å². The van der Waals surface area contributed by atoms with Gasteiger partial charge in [-0.3, -0.25) is 0 Å². The van der Waals surface area contributed by atoms with Gasteiger partial charge in [-0.25, -0.2) is 4.79 Å². The molecular formula is C23H20BrNO3. The molecule has 1 aliphatic rings. The van der Waals surface area contributed by atoms with Crippen molar-refractivity contribution in [3.05, 3.63) is 106 Å². The topological polar surface area (TPSA) is 47.6 Å². The number of cyclic esters (lactones) is 1. The highest BCUT2D eigenvalue weighted by Gasteiger charge is 2.45. The molecule has 0 saturated carbocycles. The van der Waals surface area contributed by atoms with Gasteiger partial charge in [-0.05, 0) is 23.3 Å². The van der Waals surface area contributed by atoms with Gasteiger partial charge in [0.15, 0.2) is 0 Å². The third-order valence-corrected chi connectivity index (χ3v) is 5.35. The molecule has 3 aromatic carbocycles. The average Bonchev–Trinajstić information content (AvgIpc) is 2.74. The van der Waals surface area contributed by atoms with Gasteiger partial charge in [0, 0.05) is 16.5 Å². The van der Waals surface area contributed by atoms with Crippen LogP contribution in [0.5, 0.6) is 0 Å². The van der Waals surface area contributed by atoms with Gasteiger partial charge in [0.05, 0.1) is 12.6 Å². The van der Waals surface area contributed by atoms with Crippen LogP contribution in [0.2, 0.25) is 0 Å². The van der Waals surface area contributed by atoms with Gasteiger partial charge in [0.1, 0.15) is 0 Å². The lowest BCUT2D eigenvalue weighted by atomic mass is 9.92. The smallest absolute Gasteiger partial charge is 0.410 e. The number of alkyl carbamates (subject to hydrolysis) is 1. The summed E-state index contributed by atoms with van der Waals surface area (Å²) < 4.78 is 13.1. The minimum atomic E-state index is -1.16. The normalized spacial score (nSPS) is 21.6. The molecule has 4 rings (SSSR count). The first-order chi connectivity index (χ1) is 13.6. The van der Waals surface area contributed by atoms with E-state index in [2.05, 4.69) is 21.2 Å². The van der Waals surface area contributed by atoms with Gasteiger partial charge < -0.3 is 14.8 Å². The monoisotopic (exact) mass is 437 g/mol. The molecule has 1 heterocycles. The van der Waals surface area contributed by atoms with Crippen LogP contribution >= 0.6 is 15.9 Å². The Morgan fingerprint density at radius 3 is 2.29 bits per heavy atom. The Kier molecular flexibility index (Phi) is 5.46. The fraction of sp³-hybridized carbons (Fsp3) is 0.174. The Balaban J connectivity index is 1.67. The summed E-state index contributed by atoms with van der Waals surface area (Å²) in [6, 6.07) is 27.2. The van der Waals surface area contributed by atoms with Crippen LogP contribution in [0.25, 0.3) is 0 Å². The van der Waals surface area contributed by atoms with E-state index in [4.69, 9.17) is 9.47 Å². The largest absolute Gasteiger partial charge is 0.412 e. The molecule has 0 aromatic heterocycles. The molecule has 0 radical (unpaired) electrons. The molecule has 1 N–H and O–H groups in total. The standard InChI is InChI=1S/C23H20BrNO3/c24-20-13-11-18(12-14-20)21-15-23(28-22(26)25-21,19-9-5-2-6-10-19)27-16-17-7-3-1-4-8-17/h1-14,21H,15-16H2,(H,25,26). The maximum absolute atomic E-state index is 12.5. The van der Waals surface area contributed by atoms with E-state index >= 15 is 0 Å². The first-order valence-electron chi connectivity index (χ1n) is 9.13. The minimum absolute atomic E-state index is 0.217. The van der Waals surface area contributed by atoms with E-state index in [1.54, 1.807) is 0 Å². The van der Waals surface area contributed by atoms with Crippen LogP contribution in [0.4, 0.5) is 4.79 Å². The zero-order valence-corrected chi connectivity index (χ0v) is 16.8. The SMILES string of the molecule is O=C1NC(c2ccc(Br)cc2)CC(OCc2ccccc2)(c2ccccc2)O1.